The van der Waals surface area contributed by atoms with Crippen molar-refractivity contribution in [1.82, 2.24) is 4.72 Å². The average molecular weight is 271 g/mol. The minimum Gasteiger partial charge on any atom is -0.480 e. The molecule has 0 aliphatic heterocycles. The van der Waals surface area contributed by atoms with E-state index >= 15 is 0 Å². The topological polar surface area (TPSA) is 83.5 Å². The van der Waals surface area contributed by atoms with Crippen LogP contribution in [0.15, 0.2) is 17.0 Å². The molecule has 0 spiro atoms. The molecular formula is C12H17NO4S. The van der Waals surface area contributed by atoms with E-state index in [1.165, 1.54) is 6.92 Å². The van der Waals surface area contributed by atoms with Gasteiger partial charge in [-0.15, -0.1) is 0 Å². The fourth-order valence-electron chi connectivity index (χ4n) is 1.93. The zero-order chi connectivity index (χ0) is 14.1. The third-order valence-electron chi connectivity index (χ3n) is 2.58. The van der Waals surface area contributed by atoms with Crippen LogP contribution in [-0.2, 0) is 14.8 Å². The Morgan fingerprint density at radius 2 is 1.67 bits per heavy atom. The minimum absolute atomic E-state index is 0.154. The van der Waals surface area contributed by atoms with Crippen molar-refractivity contribution in [2.24, 2.45) is 0 Å². The van der Waals surface area contributed by atoms with Gasteiger partial charge in [-0.05, 0) is 38.8 Å². The van der Waals surface area contributed by atoms with Gasteiger partial charge in [0.25, 0.3) is 0 Å². The first-order valence-corrected chi connectivity index (χ1v) is 6.96. The third kappa shape index (κ3) is 3.08. The summed E-state index contributed by atoms with van der Waals surface area (Å²) in [6.45, 7) is 6.56. The number of sulfonamides is 1. The highest BCUT2D eigenvalue weighted by Gasteiger charge is 2.24. The van der Waals surface area contributed by atoms with Gasteiger partial charge in [0.05, 0.1) is 4.90 Å². The van der Waals surface area contributed by atoms with Crippen molar-refractivity contribution in [2.45, 2.75) is 38.6 Å². The molecule has 1 atom stereocenters. The van der Waals surface area contributed by atoms with Gasteiger partial charge in [0.1, 0.15) is 6.04 Å². The van der Waals surface area contributed by atoms with Crippen molar-refractivity contribution < 1.29 is 18.3 Å². The average Bonchev–Trinajstić information content (AvgIpc) is 2.13. The van der Waals surface area contributed by atoms with E-state index in [-0.39, 0.29) is 4.90 Å². The summed E-state index contributed by atoms with van der Waals surface area (Å²) in [5.41, 5.74) is 2.19. The van der Waals surface area contributed by atoms with Crippen molar-refractivity contribution in [2.75, 3.05) is 0 Å². The highest BCUT2D eigenvalue weighted by molar-refractivity contribution is 7.89. The van der Waals surface area contributed by atoms with E-state index in [0.29, 0.717) is 11.1 Å². The molecule has 0 saturated carbocycles. The monoisotopic (exact) mass is 271 g/mol. The molecule has 18 heavy (non-hydrogen) atoms. The van der Waals surface area contributed by atoms with Crippen LogP contribution in [0.4, 0.5) is 0 Å². The smallest absolute Gasteiger partial charge is 0.321 e. The summed E-state index contributed by atoms with van der Waals surface area (Å²) in [4.78, 5) is 10.9. The van der Waals surface area contributed by atoms with Gasteiger partial charge >= 0.3 is 5.97 Å². The molecular weight excluding hydrogens is 254 g/mol. The van der Waals surface area contributed by atoms with Crippen LogP contribution >= 0.6 is 0 Å². The Morgan fingerprint density at radius 3 is 2.06 bits per heavy atom. The molecule has 100 valence electrons. The number of carboxylic acids is 1. The number of benzene rings is 1. The molecule has 1 aromatic carbocycles. The van der Waals surface area contributed by atoms with Crippen molar-refractivity contribution in [3.05, 3.63) is 28.8 Å². The Kier molecular flexibility index (Phi) is 4.13. The lowest BCUT2D eigenvalue weighted by Crippen LogP contribution is -2.38. The number of carboxylic acid groups (broad SMARTS) is 1. The first-order valence-electron chi connectivity index (χ1n) is 5.48. The number of carbonyl (C=O) groups is 1. The zero-order valence-electron chi connectivity index (χ0n) is 10.8. The van der Waals surface area contributed by atoms with Crippen molar-refractivity contribution >= 4 is 16.0 Å². The molecule has 0 bridgehead atoms. The van der Waals surface area contributed by atoms with Crippen LogP contribution < -0.4 is 4.72 Å². The second-order valence-corrected chi connectivity index (χ2v) is 6.06. The summed E-state index contributed by atoms with van der Waals surface area (Å²) in [6.07, 6.45) is 0. The van der Waals surface area contributed by atoms with Crippen LogP contribution in [0.2, 0.25) is 0 Å². The number of aliphatic carboxylic acids is 1. The maximum absolute atomic E-state index is 12.1. The van der Waals surface area contributed by atoms with Gasteiger partial charge in [-0.2, -0.15) is 4.72 Å². The lowest BCUT2D eigenvalue weighted by atomic mass is 10.1. The van der Waals surface area contributed by atoms with E-state index in [2.05, 4.69) is 4.72 Å². The molecule has 0 unspecified atom stereocenters. The van der Waals surface area contributed by atoms with E-state index in [1.54, 1.807) is 26.0 Å². The molecule has 0 aliphatic rings. The van der Waals surface area contributed by atoms with Crippen molar-refractivity contribution in [3.63, 3.8) is 0 Å². The normalized spacial score (nSPS) is 13.3. The second kappa shape index (κ2) is 5.07. The highest BCUT2D eigenvalue weighted by Crippen LogP contribution is 2.21. The fraction of sp³-hybridized carbons (Fsp3) is 0.417. The van der Waals surface area contributed by atoms with Crippen LogP contribution in [0, 0.1) is 20.8 Å². The third-order valence-corrected chi connectivity index (χ3v) is 4.42. The molecule has 5 nitrogen and oxygen atoms in total. The molecule has 2 N–H and O–H groups in total. The lowest BCUT2D eigenvalue weighted by molar-refractivity contribution is -0.138. The molecule has 0 radical (unpaired) electrons. The molecule has 6 heteroatoms. The Bertz CT molecular complexity index is 555. The minimum atomic E-state index is -3.81. The molecule has 0 fully saturated rings. The van der Waals surface area contributed by atoms with Gasteiger partial charge in [-0.1, -0.05) is 17.7 Å². The molecule has 0 heterocycles. The Morgan fingerprint density at radius 1 is 1.22 bits per heavy atom. The summed E-state index contributed by atoms with van der Waals surface area (Å²) in [5, 5.41) is 8.75. The van der Waals surface area contributed by atoms with Gasteiger partial charge in [0, 0.05) is 0 Å². The number of hydrogen-bond donors (Lipinski definition) is 2. The number of rotatable bonds is 4. The van der Waals surface area contributed by atoms with Crippen LogP contribution in [0.5, 0.6) is 0 Å². The highest BCUT2D eigenvalue weighted by atomic mass is 32.2. The summed E-state index contributed by atoms with van der Waals surface area (Å²) >= 11 is 0. The summed E-state index contributed by atoms with van der Waals surface area (Å²) in [7, 11) is -3.81. The first kappa shape index (κ1) is 14.7. The van der Waals surface area contributed by atoms with Crippen molar-refractivity contribution in [3.8, 4) is 0 Å². The molecule has 1 aromatic rings. The Labute approximate surface area is 107 Å². The molecule has 0 aromatic heterocycles. The molecule has 0 amide bonds. The van der Waals surface area contributed by atoms with Gasteiger partial charge in [-0.3, -0.25) is 4.79 Å². The van der Waals surface area contributed by atoms with Crippen LogP contribution in [0.3, 0.4) is 0 Å². The SMILES string of the molecule is Cc1cc(C)c(S(=O)(=O)N[C@@H](C)C(=O)O)c(C)c1. The second-order valence-electron chi connectivity index (χ2n) is 4.41. The van der Waals surface area contributed by atoms with E-state index in [0.717, 1.165) is 5.56 Å². The molecule has 0 aliphatic carbocycles. The van der Waals surface area contributed by atoms with Crippen LogP contribution in [0.25, 0.3) is 0 Å². The van der Waals surface area contributed by atoms with Gasteiger partial charge < -0.3 is 5.11 Å². The predicted octanol–water partition coefficient (Wildman–Crippen LogP) is 1.36. The maximum atomic E-state index is 12.1. The van der Waals surface area contributed by atoms with Gasteiger partial charge in [0.2, 0.25) is 10.0 Å². The quantitative estimate of drug-likeness (QED) is 0.866. The van der Waals surface area contributed by atoms with Gasteiger partial charge in [0.15, 0.2) is 0 Å². The standard InChI is InChI=1S/C12H17NO4S/c1-7-5-8(2)11(9(3)6-7)18(16,17)13-10(4)12(14)15/h5-6,10,13H,1-4H3,(H,14,15)/t10-/m0/s1. The van der Waals surface area contributed by atoms with Gasteiger partial charge in [-0.25, -0.2) is 8.42 Å². The number of hydrogen-bond acceptors (Lipinski definition) is 3. The van der Waals surface area contributed by atoms with E-state index < -0.39 is 22.0 Å². The van der Waals surface area contributed by atoms with Crippen molar-refractivity contribution in [1.29, 1.82) is 0 Å². The van der Waals surface area contributed by atoms with E-state index in [4.69, 9.17) is 5.11 Å². The summed E-state index contributed by atoms with van der Waals surface area (Å²) < 4.78 is 26.4. The lowest BCUT2D eigenvalue weighted by Gasteiger charge is -2.15. The zero-order valence-corrected chi connectivity index (χ0v) is 11.6. The Hall–Kier alpha value is -1.40. The van der Waals surface area contributed by atoms with E-state index in [1.807, 2.05) is 6.92 Å². The van der Waals surface area contributed by atoms with E-state index in [9.17, 15) is 13.2 Å². The largest absolute Gasteiger partial charge is 0.480 e. The van der Waals surface area contributed by atoms with Crippen LogP contribution in [-0.4, -0.2) is 25.5 Å². The Balaban J connectivity index is 3.25. The predicted molar refractivity (Wildman–Crippen MR) is 68.1 cm³/mol. The summed E-state index contributed by atoms with van der Waals surface area (Å²) in [6, 6.07) is 2.36. The fourth-order valence-corrected chi connectivity index (χ4v) is 3.58. The summed E-state index contributed by atoms with van der Waals surface area (Å²) in [5.74, 6) is -1.21. The number of aryl methyl sites for hydroxylation is 3. The molecule has 1 rings (SSSR count). The van der Waals surface area contributed by atoms with Crippen LogP contribution in [0.1, 0.15) is 23.6 Å². The maximum Gasteiger partial charge on any atom is 0.321 e. The molecule has 0 saturated heterocycles. The number of nitrogens with one attached hydrogen (secondary N) is 1. The first-order chi connectivity index (χ1) is 8.15.